The first-order valence-corrected chi connectivity index (χ1v) is 6.91. The summed E-state index contributed by atoms with van der Waals surface area (Å²) < 4.78 is 19.2. The number of halogens is 1. The van der Waals surface area contributed by atoms with Crippen molar-refractivity contribution < 1.29 is 14.2 Å². The molecule has 2 nitrogen and oxygen atoms in total. The van der Waals surface area contributed by atoms with E-state index in [2.05, 4.69) is 13.0 Å². The summed E-state index contributed by atoms with van der Waals surface area (Å²) >= 11 is 0. The summed E-state index contributed by atoms with van der Waals surface area (Å²) in [5, 5.41) is 10.2. The Labute approximate surface area is 117 Å². The fourth-order valence-corrected chi connectivity index (χ4v) is 2.78. The third-order valence-electron chi connectivity index (χ3n) is 3.82. The second-order valence-electron chi connectivity index (χ2n) is 5.09. The van der Waals surface area contributed by atoms with E-state index >= 15 is 0 Å². The smallest absolute Gasteiger partial charge is 0.127 e. The highest BCUT2D eigenvalue weighted by Gasteiger charge is 2.29. The zero-order valence-electron chi connectivity index (χ0n) is 11.3. The highest BCUT2D eigenvalue weighted by molar-refractivity contribution is 5.40. The zero-order valence-corrected chi connectivity index (χ0v) is 11.3. The van der Waals surface area contributed by atoms with Gasteiger partial charge in [0, 0.05) is 12.0 Å². The molecule has 0 radical (unpaired) electrons. The average molecular weight is 272 g/mol. The highest BCUT2D eigenvalue weighted by atomic mass is 19.1. The third-order valence-corrected chi connectivity index (χ3v) is 3.82. The van der Waals surface area contributed by atoms with Crippen molar-refractivity contribution in [2.24, 2.45) is 0 Å². The van der Waals surface area contributed by atoms with Gasteiger partial charge in [0.2, 0.25) is 0 Å². The first-order chi connectivity index (χ1) is 9.69. The van der Waals surface area contributed by atoms with E-state index in [0.29, 0.717) is 17.7 Å². The van der Waals surface area contributed by atoms with E-state index < -0.39 is 6.10 Å². The van der Waals surface area contributed by atoms with Crippen LogP contribution in [0.1, 0.15) is 42.2 Å². The van der Waals surface area contributed by atoms with Crippen LogP contribution in [-0.2, 0) is 6.42 Å². The Morgan fingerprint density at radius 2 is 2.00 bits per heavy atom. The zero-order chi connectivity index (χ0) is 14.1. The Balaban J connectivity index is 1.97. The van der Waals surface area contributed by atoms with Gasteiger partial charge in [-0.05, 0) is 35.7 Å². The number of hydrogen-bond donors (Lipinski definition) is 1. The Bertz CT molecular complexity index is 624. The van der Waals surface area contributed by atoms with Crippen LogP contribution in [0.5, 0.6) is 5.75 Å². The number of ether oxygens (including phenoxy) is 1. The molecule has 1 N–H and O–H groups in total. The topological polar surface area (TPSA) is 29.5 Å². The fourth-order valence-electron chi connectivity index (χ4n) is 2.78. The molecule has 0 aromatic heterocycles. The summed E-state index contributed by atoms with van der Waals surface area (Å²) in [5.41, 5.74) is 2.86. The van der Waals surface area contributed by atoms with Gasteiger partial charge in [0.05, 0.1) is 6.10 Å². The van der Waals surface area contributed by atoms with Gasteiger partial charge >= 0.3 is 0 Å². The van der Waals surface area contributed by atoms with E-state index in [-0.39, 0.29) is 11.9 Å². The molecule has 1 aliphatic heterocycles. The molecule has 104 valence electrons. The van der Waals surface area contributed by atoms with Crippen molar-refractivity contribution in [3.63, 3.8) is 0 Å². The van der Waals surface area contributed by atoms with Gasteiger partial charge in [-0.3, -0.25) is 0 Å². The maximum absolute atomic E-state index is 13.2. The van der Waals surface area contributed by atoms with Gasteiger partial charge in [0.1, 0.15) is 17.7 Å². The minimum absolute atomic E-state index is 0.181. The second-order valence-corrected chi connectivity index (χ2v) is 5.09. The van der Waals surface area contributed by atoms with Gasteiger partial charge in [-0.2, -0.15) is 0 Å². The van der Waals surface area contributed by atoms with Gasteiger partial charge in [-0.15, -0.1) is 0 Å². The van der Waals surface area contributed by atoms with Crippen LogP contribution in [-0.4, -0.2) is 5.11 Å². The van der Waals surface area contributed by atoms with Crippen LogP contribution in [0.2, 0.25) is 0 Å². The molecule has 20 heavy (non-hydrogen) atoms. The minimum atomic E-state index is -0.690. The maximum Gasteiger partial charge on any atom is 0.127 e. The maximum atomic E-state index is 13.2. The predicted octanol–water partition coefficient (Wildman–Crippen LogP) is 3.95. The van der Waals surface area contributed by atoms with E-state index in [9.17, 15) is 9.50 Å². The molecule has 1 aliphatic rings. The van der Waals surface area contributed by atoms with Crippen LogP contribution in [0.15, 0.2) is 42.5 Å². The monoisotopic (exact) mass is 272 g/mol. The molecule has 2 aromatic carbocycles. The number of hydrogen-bond acceptors (Lipinski definition) is 2. The summed E-state index contributed by atoms with van der Waals surface area (Å²) in [6.07, 6.45) is 0.499. The van der Waals surface area contributed by atoms with E-state index in [0.717, 1.165) is 12.0 Å². The molecule has 0 saturated heterocycles. The van der Waals surface area contributed by atoms with Gasteiger partial charge < -0.3 is 9.84 Å². The first kappa shape index (κ1) is 13.1. The van der Waals surface area contributed by atoms with Crippen LogP contribution in [0, 0.1) is 5.82 Å². The van der Waals surface area contributed by atoms with E-state index in [1.807, 2.05) is 18.2 Å². The molecule has 2 atom stereocenters. The molecule has 2 aromatic rings. The largest absolute Gasteiger partial charge is 0.485 e. The summed E-state index contributed by atoms with van der Waals surface area (Å²) in [6, 6.07) is 12.4. The number of aryl methyl sites for hydroxylation is 1. The standard InChI is InChI=1S/C17H17FO2/c1-2-11-5-3-4-6-13(11)17-10-15(19)14-9-12(18)7-8-16(14)20-17/h3-9,15,17,19H,2,10H2,1H3/t15-,17?/m1/s1. The normalized spacial score (nSPS) is 21.1. The molecule has 1 heterocycles. The van der Waals surface area contributed by atoms with E-state index in [1.54, 1.807) is 6.07 Å². The van der Waals surface area contributed by atoms with Crippen molar-refractivity contribution in [1.29, 1.82) is 0 Å². The SMILES string of the molecule is CCc1ccccc1C1C[C@@H](O)c2cc(F)ccc2O1. The molecule has 0 aliphatic carbocycles. The van der Waals surface area contributed by atoms with Crippen molar-refractivity contribution in [2.75, 3.05) is 0 Å². The van der Waals surface area contributed by atoms with Crippen LogP contribution in [0.25, 0.3) is 0 Å². The van der Waals surface area contributed by atoms with Gasteiger partial charge in [0.25, 0.3) is 0 Å². The van der Waals surface area contributed by atoms with Gasteiger partial charge in [-0.25, -0.2) is 4.39 Å². The Hall–Kier alpha value is -1.87. The van der Waals surface area contributed by atoms with Crippen molar-refractivity contribution in [3.05, 3.63) is 65.0 Å². The van der Waals surface area contributed by atoms with E-state index in [4.69, 9.17) is 4.74 Å². The summed E-state index contributed by atoms with van der Waals surface area (Å²) in [4.78, 5) is 0. The molecule has 3 heteroatoms. The number of fused-ring (bicyclic) bond motifs is 1. The van der Waals surface area contributed by atoms with Gasteiger partial charge in [0.15, 0.2) is 0 Å². The van der Waals surface area contributed by atoms with Crippen molar-refractivity contribution in [2.45, 2.75) is 32.0 Å². The minimum Gasteiger partial charge on any atom is -0.485 e. The fraction of sp³-hybridized carbons (Fsp3) is 0.294. The number of rotatable bonds is 2. The highest BCUT2D eigenvalue weighted by Crippen LogP contribution is 2.41. The predicted molar refractivity (Wildman–Crippen MR) is 75.2 cm³/mol. The Morgan fingerprint density at radius 3 is 2.80 bits per heavy atom. The average Bonchev–Trinajstić information content (AvgIpc) is 2.47. The van der Waals surface area contributed by atoms with E-state index in [1.165, 1.54) is 17.7 Å². The lowest BCUT2D eigenvalue weighted by Crippen LogP contribution is -2.20. The molecule has 1 unspecified atom stereocenters. The van der Waals surface area contributed by atoms with Crippen LogP contribution < -0.4 is 4.74 Å². The molecular weight excluding hydrogens is 255 g/mol. The molecule has 0 fully saturated rings. The molecule has 3 rings (SSSR count). The first-order valence-electron chi connectivity index (χ1n) is 6.91. The van der Waals surface area contributed by atoms with Crippen LogP contribution in [0.4, 0.5) is 4.39 Å². The summed E-state index contributed by atoms with van der Waals surface area (Å²) in [5.74, 6) is 0.222. The molecular formula is C17H17FO2. The molecule has 0 bridgehead atoms. The lowest BCUT2D eigenvalue weighted by Gasteiger charge is -2.31. The molecule has 0 spiro atoms. The lowest BCUT2D eigenvalue weighted by molar-refractivity contribution is 0.0649. The van der Waals surface area contributed by atoms with Gasteiger partial charge in [-0.1, -0.05) is 31.2 Å². The second kappa shape index (κ2) is 5.25. The number of aliphatic hydroxyl groups is 1. The summed E-state index contributed by atoms with van der Waals surface area (Å²) in [6.45, 7) is 2.10. The molecule has 0 amide bonds. The number of benzene rings is 2. The van der Waals surface area contributed by atoms with Crippen molar-refractivity contribution in [3.8, 4) is 5.75 Å². The number of aliphatic hydroxyl groups excluding tert-OH is 1. The Kier molecular flexibility index (Phi) is 3.45. The summed E-state index contributed by atoms with van der Waals surface area (Å²) in [7, 11) is 0. The van der Waals surface area contributed by atoms with Crippen LogP contribution >= 0.6 is 0 Å². The van der Waals surface area contributed by atoms with Crippen molar-refractivity contribution in [1.82, 2.24) is 0 Å². The van der Waals surface area contributed by atoms with Crippen LogP contribution in [0.3, 0.4) is 0 Å². The lowest BCUT2D eigenvalue weighted by atomic mass is 9.92. The van der Waals surface area contributed by atoms with Crippen molar-refractivity contribution >= 4 is 0 Å². The Morgan fingerprint density at radius 1 is 1.20 bits per heavy atom. The third kappa shape index (κ3) is 2.29. The quantitative estimate of drug-likeness (QED) is 0.897. The molecule has 0 saturated carbocycles.